The Kier molecular flexibility index (Phi) is 7.79. The quantitative estimate of drug-likeness (QED) is 0.264. The van der Waals surface area contributed by atoms with E-state index >= 15 is 0 Å². The first-order chi connectivity index (χ1) is 17.4. The molecule has 3 aromatic carbocycles. The Hall–Kier alpha value is -3.99. The van der Waals surface area contributed by atoms with Crippen molar-refractivity contribution in [3.8, 4) is 22.6 Å². The van der Waals surface area contributed by atoms with Gasteiger partial charge in [0.2, 0.25) is 5.91 Å². The zero-order valence-corrected chi connectivity index (χ0v) is 21.6. The number of hydrogen-bond acceptors (Lipinski definition) is 4. The van der Waals surface area contributed by atoms with E-state index in [2.05, 4.69) is 42.6 Å². The fourth-order valence-corrected chi connectivity index (χ4v) is 4.38. The maximum absolute atomic E-state index is 12.8. The van der Waals surface area contributed by atoms with Crippen LogP contribution < -0.4 is 14.8 Å². The summed E-state index contributed by atoms with van der Waals surface area (Å²) in [7, 11) is 1.65. The van der Waals surface area contributed by atoms with Crippen LogP contribution >= 0.6 is 0 Å². The van der Waals surface area contributed by atoms with E-state index in [1.807, 2.05) is 45.0 Å². The van der Waals surface area contributed by atoms with Crippen molar-refractivity contribution in [3.63, 3.8) is 0 Å². The van der Waals surface area contributed by atoms with Gasteiger partial charge in [-0.3, -0.25) is 4.79 Å². The summed E-state index contributed by atoms with van der Waals surface area (Å²) in [4.78, 5) is 12.8. The van der Waals surface area contributed by atoms with Crippen LogP contribution in [0.2, 0.25) is 0 Å². The van der Waals surface area contributed by atoms with Gasteiger partial charge in [-0.05, 0) is 69.0 Å². The summed E-state index contributed by atoms with van der Waals surface area (Å²) in [6.45, 7) is 9.02. The fourth-order valence-electron chi connectivity index (χ4n) is 4.38. The first-order valence-electron chi connectivity index (χ1n) is 12.2. The number of hydrogen-bond donors (Lipinski definition) is 1. The van der Waals surface area contributed by atoms with Crippen molar-refractivity contribution in [2.75, 3.05) is 20.3 Å². The van der Waals surface area contributed by atoms with Crippen molar-refractivity contribution in [3.05, 3.63) is 89.2 Å². The summed E-state index contributed by atoms with van der Waals surface area (Å²) < 4.78 is 17.3. The summed E-state index contributed by atoms with van der Waals surface area (Å²) in [6, 6.07) is 18.3. The lowest BCUT2D eigenvalue weighted by molar-refractivity contribution is -0.116. The lowest BCUT2D eigenvalue weighted by atomic mass is 9.96. The highest BCUT2D eigenvalue weighted by atomic mass is 16.5. The molecule has 4 aromatic rings. The molecule has 0 fully saturated rings. The molecule has 5 nitrogen and oxygen atoms in total. The summed E-state index contributed by atoms with van der Waals surface area (Å²) >= 11 is 0. The number of nitrogens with one attached hydrogen (secondary N) is 1. The highest BCUT2D eigenvalue weighted by Gasteiger charge is 2.19. The summed E-state index contributed by atoms with van der Waals surface area (Å²) in [5.74, 6) is 1.42. The van der Waals surface area contributed by atoms with E-state index in [-0.39, 0.29) is 5.91 Å². The molecule has 0 aliphatic carbocycles. The fraction of sp³-hybridized carbons (Fsp3) is 0.258. The Balaban J connectivity index is 1.60. The largest absolute Gasteiger partial charge is 0.497 e. The number of aryl methyl sites for hydroxylation is 2. The smallest absolute Gasteiger partial charge is 0.244 e. The Morgan fingerprint density at radius 2 is 1.86 bits per heavy atom. The highest BCUT2D eigenvalue weighted by Crippen LogP contribution is 2.40. The van der Waals surface area contributed by atoms with E-state index in [9.17, 15) is 4.79 Å². The number of carbonyl (C=O) groups is 1. The second-order valence-corrected chi connectivity index (χ2v) is 8.92. The van der Waals surface area contributed by atoms with Gasteiger partial charge in [0, 0.05) is 34.7 Å². The van der Waals surface area contributed by atoms with Gasteiger partial charge >= 0.3 is 0 Å². The zero-order valence-electron chi connectivity index (χ0n) is 21.6. The van der Waals surface area contributed by atoms with Crippen LogP contribution in [0.25, 0.3) is 27.7 Å². The summed E-state index contributed by atoms with van der Waals surface area (Å²) in [6.07, 6.45) is 4.16. The number of fused-ring (bicyclic) bond motifs is 1. The molecule has 4 rings (SSSR count). The molecule has 186 valence electrons. The van der Waals surface area contributed by atoms with Crippen molar-refractivity contribution >= 4 is 22.4 Å². The third kappa shape index (κ3) is 5.46. The van der Waals surface area contributed by atoms with Crippen LogP contribution in [-0.2, 0) is 11.2 Å². The second kappa shape index (κ2) is 11.2. The maximum atomic E-state index is 12.8. The Morgan fingerprint density at radius 1 is 1.08 bits per heavy atom. The molecule has 5 heteroatoms. The van der Waals surface area contributed by atoms with Crippen molar-refractivity contribution in [1.82, 2.24) is 5.32 Å². The monoisotopic (exact) mass is 483 g/mol. The average molecular weight is 484 g/mol. The normalized spacial score (nSPS) is 11.5. The number of allylic oxidation sites excluding steroid dienone is 1. The third-order valence-electron chi connectivity index (χ3n) is 6.31. The van der Waals surface area contributed by atoms with Gasteiger partial charge in [-0.25, -0.2) is 0 Å². The maximum Gasteiger partial charge on any atom is 0.244 e. The molecular formula is C31H33NO4. The molecule has 1 N–H and O–H groups in total. The number of furan rings is 1. The molecule has 1 aromatic heterocycles. The number of methoxy groups -OCH3 is 1. The van der Waals surface area contributed by atoms with E-state index in [1.165, 1.54) is 5.56 Å². The zero-order chi connectivity index (χ0) is 25.7. The van der Waals surface area contributed by atoms with E-state index in [0.717, 1.165) is 62.3 Å². The van der Waals surface area contributed by atoms with Crippen molar-refractivity contribution in [2.45, 2.75) is 34.1 Å². The van der Waals surface area contributed by atoms with Crippen LogP contribution in [0.15, 0.2) is 71.4 Å². The average Bonchev–Trinajstić information content (AvgIpc) is 3.30. The molecule has 0 bridgehead atoms. The van der Waals surface area contributed by atoms with Crippen LogP contribution in [0.5, 0.6) is 11.5 Å². The van der Waals surface area contributed by atoms with Gasteiger partial charge < -0.3 is 19.2 Å². The molecule has 0 spiro atoms. The minimum atomic E-state index is -0.137. The van der Waals surface area contributed by atoms with Crippen molar-refractivity contribution < 1.29 is 18.7 Å². The third-order valence-corrected chi connectivity index (χ3v) is 6.31. The van der Waals surface area contributed by atoms with Crippen molar-refractivity contribution in [2.24, 2.45) is 0 Å². The number of rotatable bonds is 9. The van der Waals surface area contributed by atoms with Crippen LogP contribution in [-0.4, -0.2) is 26.2 Å². The van der Waals surface area contributed by atoms with Gasteiger partial charge in [-0.1, -0.05) is 42.0 Å². The number of carbonyl (C=O) groups excluding carboxylic acids is 1. The molecule has 0 unspecified atom stereocenters. The van der Waals surface area contributed by atoms with Gasteiger partial charge in [0.05, 0.1) is 20.0 Å². The minimum Gasteiger partial charge on any atom is -0.497 e. The summed E-state index contributed by atoms with van der Waals surface area (Å²) in [5.41, 5.74) is 7.87. The van der Waals surface area contributed by atoms with E-state index < -0.39 is 0 Å². The second-order valence-electron chi connectivity index (χ2n) is 8.92. The predicted octanol–water partition coefficient (Wildman–Crippen LogP) is 6.89. The molecule has 0 atom stereocenters. The summed E-state index contributed by atoms with van der Waals surface area (Å²) in [5, 5.41) is 4.00. The topological polar surface area (TPSA) is 60.7 Å². The Bertz CT molecular complexity index is 1400. The molecule has 0 aliphatic rings. The Labute approximate surface area is 212 Å². The van der Waals surface area contributed by atoms with Gasteiger partial charge in [0.15, 0.2) is 0 Å². The minimum absolute atomic E-state index is 0.137. The van der Waals surface area contributed by atoms with Crippen LogP contribution in [0.3, 0.4) is 0 Å². The van der Waals surface area contributed by atoms with E-state index in [0.29, 0.717) is 13.2 Å². The lowest BCUT2D eigenvalue weighted by Gasteiger charge is -2.15. The van der Waals surface area contributed by atoms with Crippen molar-refractivity contribution in [1.29, 1.82) is 0 Å². The molecule has 0 aliphatic heterocycles. The SMILES string of the molecule is CCOc1c(/C(C)=C/C(=O)NCCc2cccc(OC)c2)cc2c(-c3ccc(C)cc3)coc2c1C. The molecule has 0 saturated carbocycles. The molecule has 1 amide bonds. The molecule has 0 saturated heterocycles. The van der Waals surface area contributed by atoms with Gasteiger partial charge in [-0.15, -0.1) is 0 Å². The van der Waals surface area contributed by atoms with Crippen LogP contribution in [0.4, 0.5) is 0 Å². The van der Waals surface area contributed by atoms with Crippen LogP contribution in [0.1, 0.15) is 36.1 Å². The van der Waals surface area contributed by atoms with E-state index in [4.69, 9.17) is 13.9 Å². The predicted molar refractivity (Wildman–Crippen MR) is 146 cm³/mol. The molecule has 36 heavy (non-hydrogen) atoms. The lowest BCUT2D eigenvalue weighted by Crippen LogP contribution is -2.23. The first kappa shape index (κ1) is 25.1. The molecule has 1 heterocycles. The number of benzene rings is 3. The van der Waals surface area contributed by atoms with Gasteiger partial charge in [0.25, 0.3) is 0 Å². The number of amides is 1. The van der Waals surface area contributed by atoms with Crippen LogP contribution in [0, 0.1) is 13.8 Å². The number of ether oxygens (including phenoxy) is 2. The standard InChI is InChI=1S/C31H33NO4/c1-6-35-30-22(4)31-27(28(19-36-31)24-12-10-20(2)11-13-24)18-26(30)21(3)16-29(33)32-15-14-23-8-7-9-25(17-23)34-5/h7-13,16-19H,6,14-15H2,1-5H3,(H,32,33)/b21-16+. The van der Waals surface area contributed by atoms with E-state index in [1.54, 1.807) is 19.4 Å². The first-order valence-corrected chi connectivity index (χ1v) is 12.2. The molecular weight excluding hydrogens is 450 g/mol. The Morgan fingerprint density at radius 3 is 2.58 bits per heavy atom. The van der Waals surface area contributed by atoms with Gasteiger partial charge in [0.1, 0.15) is 17.1 Å². The highest BCUT2D eigenvalue weighted by molar-refractivity contribution is 6.01. The molecule has 0 radical (unpaired) electrons. The van der Waals surface area contributed by atoms with Gasteiger partial charge in [-0.2, -0.15) is 0 Å².